The highest BCUT2D eigenvalue weighted by Gasteiger charge is 2.30. The molecule has 0 aromatic carbocycles. The van der Waals surface area contributed by atoms with Gasteiger partial charge in [0.2, 0.25) is 0 Å². The molecule has 0 saturated heterocycles. The summed E-state index contributed by atoms with van der Waals surface area (Å²) in [6, 6.07) is 2.03. The van der Waals surface area contributed by atoms with Gasteiger partial charge in [-0.2, -0.15) is 0 Å². The number of hydrogen-bond donors (Lipinski definition) is 1. The molecule has 0 radical (unpaired) electrons. The number of ether oxygens (including phenoxy) is 1. The Kier molecular flexibility index (Phi) is 5.36. The van der Waals surface area contributed by atoms with E-state index in [0.29, 0.717) is 17.2 Å². The van der Waals surface area contributed by atoms with Crippen molar-refractivity contribution in [2.75, 3.05) is 7.11 Å². The second-order valence-corrected chi connectivity index (χ2v) is 8.71. The van der Waals surface area contributed by atoms with Crippen LogP contribution in [0.15, 0.2) is 35.4 Å². The van der Waals surface area contributed by atoms with E-state index in [1.165, 1.54) is 11.1 Å². The van der Waals surface area contributed by atoms with Crippen LogP contribution in [0.1, 0.15) is 63.8 Å². The molecule has 1 unspecified atom stereocenters. The van der Waals surface area contributed by atoms with Crippen molar-refractivity contribution in [1.29, 1.82) is 0 Å². The largest absolute Gasteiger partial charge is 0.496 e. The summed E-state index contributed by atoms with van der Waals surface area (Å²) >= 11 is 0. The Labute approximate surface area is 162 Å². The standard InChI is InChI=1S/C23H32N2O2/c1-7-9-16-12-19-20(27-6)11-8-10-17-13-18(15(2)24-23(3,4)5)22(26)25(14-16)21(17)19/h8,11,13,16,24H,2,7,9-10,12,14H2,1,3-6H3. The number of rotatable bonds is 5. The van der Waals surface area contributed by atoms with Crippen molar-refractivity contribution in [3.05, 3.63) is 57.7 Å². The normalized spacial score (nSPS) is 18.8. The highest BCUT2D eigenvalue weighted by Crippen LogP contribution is 2.38. The molecule has 0 spiro atoms. The maximum atomic E-state index is 13.4. The van der Waals surface area contributed by atoms with E-state index in [-0.39, 0.29) is 11.1 Å². The van der Waals surface area contributed by atoms with Gasteiger partial charge in [-0.05, 0) is 63.7 Å². The molecule has 0 amide bonds. The number of aromatic nitrogens is 1. The van der Waals surface area contributed by atoms with Crippen LogP contribution in [0.3, 0.4) is 0 Å². The maximum Gasteiger partial charge on any atom is 0.260 e. The van der Waals surface area contributed by atoms with Crippen LogP contribution in [0.4, 0.5) is 0 Å². The average Bonchev–Trinajstić information content (AvgIpc) is 2.76. The molecule has 1 aliphatic heterocycles. The van der Waals surface area contributed by atoms with Gasteiger partial charge in [0.1, 0.15) is 5.76 Å². The molecule has 0 bridgehead atoms. The summed E-state index contributed by atoms with van der Waals surface area (Å²) < 4.78 is 7.66. The van der Waals surface area contributed by atoms with Gasteiger partial charge in [0.25, 0.3) is 5.56 Å². The Bertz CT molecular complexity index is 866. The van der Waals surface area contributed by atoms with Crippen LogP contribution in [-0.4, -0.2) is 17.2 Å². The monoisotopic (exact) mass is 368 g/mol. The van der Waals surface area contributed by atoms with Crippen LogP contribution in [0.5, 0.6) is 0 Å². The van der Waals surface area contributed by atoms with Crippen LogP contribution in [0, 0.1) is 5.92 Å². The molecular weight excluding hydrogens is 336 g/mol. The second kappa shape index (κ2) is 7.41. The van der Waals surface area contributed by atoms with E-state index in [9.17, 15) is 4.79 Å². The summed E-state index contributed by atoms with van der Waals surface area (Å²) in [5.41, 5.74) is 4.68. The first-order valence-electron chi connectivity index (χ1n) is 9.93. The van der Waals surface area contributed by atoms with Gasteiger partial charge < -0.3 is 14.6 Å². The summed E-state index contributed by atoms with van der Waals surface area (Å²) in [7, 11) is 1.72. The van der Waals surface area contributed by atoms with E-state index in [2.05, 4.69) is 51.7 Å². The third kappa shape index (κ3) is 3.90. The molecule has 4 heteroatoms. The average molecular weight is 369 g/mol. The summed E-state index contributed by atoms with van der Waals surface area (Å²) in [5.74, 6) is 1.35. The summed E-state index contributed by atoms with van der Waals surface area (Å²) in [4.78, 5) is 13.4. The van der Waals surface area contributed by atoms with E-state index in [0.717, 1.165) is 43.7 Å². The van der Waals surface area contributed by atoms with Gasteiger partial charge >= 0.3 is 0 Å². The number of hydrogen-bond acceptors (Lipinski definition) is 3. The van der Waals surface area contributed by atoms with E-state index < -0.39 is 0 Å². The van der Waals surface area contributed by atoms with Crippen LogP contribution in [-0.2, 0) is 17.7 Å². The van der Waals surface area contributed by atoms with Crippen molar-refractivity contribution in [2.45, 2.75) is 65.5 Å². The third-order valence-electron chi connectivity index (χ3n) is 5.26. The minimum absolute atomic E-state index is 0.0474. The second-order valence-electron chi connectivity index (χ2n) is 8.71. The van der Waals surface area contributed by atoms with Crippen LogP contribution in [0.2, 0.25) is 0 Å². The zero-order valence-corrected chi connectivity index (χ0v) is 17.3. The van der Waals surface area contributed by atoms with E-state index in [1.807, 2.05) is 10.6 Å². The number of nitrogens with zero attached hydrogens (tertiary/aromatic N) is 1. The van der Waals surface area contributed by atoms with Crippen LogP contribution < -0.4 is 10.9 Å². The Morgan fingerprint density at radius 1 is 1.41 bits per heavy atom. The van der Waals surface area contributed by atoms with Gasteiger partial charge in [0.05, 0.1) is 18.4 Å². The number of pyridine rings is 1. The SMILES string of the molecule is C=C(NC(C)(C)C)c1cc2c3n(c1=O)CC(CCC)CC3=C(OC)C=CC2. The van der Waals surface area contributed by atoms with Crippen molar-refractivity contribution in [1.82, 2.24) is 9.88 Å². The first-order valence-corrected chi connectivity index (χ1v) is 9.93. The molecule has 1 atom stereocenters. The molecular formula is C23H32N2O2. The lowest BCUT2D eigenvalue weighted by Gasteiger charge is -2.31. The van der Waals surface area contributed by atoms with Crippen LogP contribution in [0.25, 0.3) is 11.3 Å². The highest BCUT2D eigenvalue weighted by atomic mass is 16.5. The zero-order valence-electron chi connectivity index (χ0n) is 17.3. The minimum atomic E-state index is -0.142. The van der Waals surface area contributed by atoms with Gasteiger partial charge in [-0.15, -0.1) is 0 Å². The van der Waals surface area contributed by atoms with Gasteiger partial charge in [0.15, 0.2) is 0 Å². The molecule has 4 nitrogen and oxygen atoms in total. The Morgan fingerprint density at radius 3 is 2.78 bits per heavy atom. The Morgan fingerprint density at radius 2 is 2.15 bits per heavy atom. The third-order valence-corrected chi connectivity index (χ3v) is 5.26. The van der Waals surface area contributed by atoms with E-state index in [4.69, 9.17) is 4.74 Å². The first kappa shape index (κ1) is 19.5. The molecule has 2 heterocycles. The number of methoxy groups -OCH3 is 1. The zero-order chi connectivity index (χ0) is 19.8. The molecule has 1 aromatic rings. The smallest absolute Gasteiger partial charge is 0.260 e. The quantitative estimate of drug-likeness (QED) is 0.832. The summed E-state index contributed by atoms with van der Waals surface area (Å²) in [5, 5.41) is 3.37. The van der Waals surface area contributed by atoms with Crippen molar-refractivity contribution in [2.24, 2.45) is 5.92 Å². The molecule has 146 valence electrons. The highest BCUT2D eigenvalue weighted by molar-refractivity contribution is 5.74. The molecule has 1 aromatic heterocycles. The number of allylic oxidation sites excluding steroid dienone is 3. The van der Waals surface area contributed by atoms with Crippen molar-refractivity contribution in [3.63, 3.8) is 0 Å². The van der Waals surface area contributed by atoms with E-state index in [1.54, 1.807) is 7.11 Å². The molecule has 3 rings (SSSR count). The van der Waals surface area contributed by atoms with Gasteiger partial charge in [-0.3, -0.25) is 4.79 Å². The molecule has 2 aliphatic rings. The van der Waals surface area contributed by atoms with Crippen LogP contribution >= 0.6 is 0 Å². The lowest BCUT2D eigenvalue weighted by molar-refractivity contribution is 0.302. The summed E-state index contributed by atoms with van der Waals surface area (Å²) in [6.45, 7) is 13.4. The minimum Gasteiger partial charge on any atom is -0.496 e. The predicted molar refractivity (Wildman–Crippen MR) is 112 cm³/mol. The van der Waals surface area contributed by atoms with Crippen molar-refractivity contribution < 1.29 is 4.74 Å². The lowest BCUT2D eigenvalue weighted by atomic mass is 9.86. The fourth-order valence-corrected chi connectivity index (χ4v) is 4.26. The van der Waals surface area contributed by atoms with Crippen molar-refractivity contribution >= 4 is 11.3 Å². The molecule has 27 heavy (non-hydrogen) atoms. The molecule has 0 saturated carbocycles. The molecule has 1 aliphatic carbocycles. The number of nitrogens with one attached hydrogen (secondary N) is 1. The predicted octanol–water partition coefficient (Wildman–Crippen LogP) is 4.50. The Balaban J connectivity index is 2.19. The first-order chi connectivity index (χ1) is 12.7. The summed E-state index contributed by atoms with van der Waals surface area (Å²) in [6.07, 6.45) is 8.17. The Hall–Kier alpha value is -2.23. The maximum absolute atomic E-state index is 13.4. The lowest BCUT2D eigenvalue weighted by Crippen LogP contribution is -2.38. The molecule has 1 N–H and O–H groups in total. The van der Waals surface area contributed by atoms with Gasteiger partial charge in [-0.1, -0.05) is 26.0 Å². The topological polar surface area (TPSA) is 43.3 Å². The molecule has 0 fully saturated rings. The van der Waals surface area contributed by atoms with E-state index >= 15 is 0 Å². The fourth-order valence-electron chi connectivity index (χ4n) is 4.26. The fraction of sp³-hybridized carbons (Fsp3) is 0.522. The van der Waals surface area contributed by atoms with Crippen molar-refractivity contribution in [3.8, 4) is 0 Å². The van der Waals surface area contributed by atoms with Gasteiger partial charge in [-0.25, -0.2) is 0 Å². The van der Waals surface area contributed by atoms with Gasteiger partial charge in [0, 0.05) is 23.4 Å².